The van der Waals surface area contributed by atoms with Crippen LogP contribution in [0.15, 0.2) is 18.2 Å². The predicted molar refractivity (Wildman–Crippen MR) is 78.1 cm³/mol. The van der Waals surface area contributed by atoms with E-state index in [1.165, 1.54) is 0 Å². The van der Waals surface area contributed by atoms with E-state index < -0.39 is 0 Å². The minimum absolute atomic E-state index is 0.0731. The molecule has 0 aliphatic heterocycles. The normalized spacial score (nSPS) is 11.2. The van der Waals surface area contributed by atoms with Crippen molar-refractivity contribution in [3.05, 3.63) is 18.2 Å². The smallest absolute Gasteiger partial charge is 0.124 e. The molecule has 4 heteroatoms. The number of hydrogen-bond donors (Lipinski definition) is 2. The molecule has 0 atom stereocenters. The molecule has 0 aromatic heterocycles. The van der Waals surface area contributed by atoms with Crippen molar-refractivity contribution >= 4 is 5.69 Å². The van der Waals surface area contributed by atoms with Crippen molar-refractivity contribution in [2.24, 2.45) is 5.41 Å². The van der Waals surface area contributed by atoms with Gasteiger partial charge in [0, 0.05) is 35.8 Å². The quantitative estimate of drug-likeness (QED) is 0.760. The van der Waals surface area contributed by atoms with E-state index in [0.717, 1.165) is 36.6 Å². The fraction of sp³-hybridized carbons (Fsp3) is 0.600. The number of ether oxygens (including phenoxy) is 2. The van der Waals surface area contributed by atoms with E-state index in [4.69, 9.17) is 9.47 Å². The molecule has 0 unspecified atom stereocenters. The van der Waals surface area contributed by atoms with Gasteiger partial charge in [0.2, 0.25) is 0 Å². The molecule has 1 rings (SSSR count). The van der Waals surface area contributed by atoms with Crippen LogP contribution in [0.1, 0.15) is 26.7 Å². The molecule has 0 aliphatic rings. The standard InChI is InChI=1S/C15H25NO3/c1-5-15(6-2,11-17)10-16-12-7-13(18-3)9-14(8-12)19-4/h7-9,16-17H,5-6,10-11H2,1-4H3. The first-order valence-corrected chi connectivity index (χ1v) is 6.71. The number of rotatable bonds is 8. The lowest BCUT2D eigenvalue weighted by molar-refractivity contribution is 0.127. The predicted octanol–water partition coefficient (Wildman–Crippen LogP) is 2.91. The van der Waals surface area contributed by atoms with Crippen molar-refractivity contribution in [3.63, 3.8) is 0 Å². The lowest BCUT2D eigenvalue weighted by atomic mass is 9.83. The van der Waals surface area contributed by atoms with Gasteiger partial charge < -0.3 is 19.9 Å². The number of hydrogen-bond acceptors (Lipinski definition) is 4. The second-order valence-corrected chi connectivity index (χ2v) is 4.82. The zero-order valence-corrected chi connectivity index (χ0v) is 12.3. The van der Waals surface area contributed by atoms with Crippen LogP contribution in [0.3, 0.4) is 0 Å². The van der Waals surface area contributed by atoms with Gasteiger partial charge in [0.15, 0.2) is 0 Å². The topological polar surface area (TPSA) is 50.7 Å². The van der Waals surface area contributed by atoms with Crippen LogP contribution >= 0.6 is 0 Å². The Morgan fingerprint density at radius 1 is 1.05 bits per heavy atom. The van der Waals surface area contributed by atoms with E-state index >= 15 is 0 Å². The fourth-order valence-electron chi connectivity index (χ4n) is 1.98. The molecule has 0 spiro atoms. The van der Waals surface area contributed by atoms with Gasteiger partial charge in [-0.25, -0.2) is 0 Å². The summed E-state index contributed by atoms with van der Waals surface area (Å²) in [5.41, 5.74) is 0.868. The minimum atomic E-state index is -0.0731. The van der Waals surface area contributed by atoms with E-state index in [1.54, 1.807) is 14.2 Å². The SMILES string of the molecule is CCC(CC)(CO)CNc1cc(OC)cc(OC)c1. The highest BCUT2D eigenvalue weighted by molar-refractivity contribution is 5.53. The highest BCUT2D eigenvalue weighted by Crippen LogP contribution is 2.29. The Labute approximate surface area is 115 Å². The van der Waals surface area contributed by atoms with Gasteiger partial charge in [-0.2, -0.15) is 0 Å². The van der Waals surface area contributed by atoms with Crippen molar-refractivity contribution < 1.29 is 14.6 Å². The summed E-state index contributed by atoms with van der Waals surface area (Å²) < 4.78 is 10.5. The van der Waals surface area contributed by atoms with Crippen molar-refractivity contribution in [2.45, 2.75) is 26.7 Å². The van der Waals surface area contributed by atoms with Crippen LogP contribution in [0.25, 0.3) is 0 Å². The first-order chi connectivity index (χ1) is 9.12. The Balaban J connectivity index is 2.81. The van der Waals surface area contributed by atoms with Gasteiger partial charge in [-0.3, -0.25) is 0 Å². The molecule has 0 radical (unpaired) electrons. The molecule has 2 N–H and O–H groups in total. The molecule has 0 aliphatic carbocycles. The third kappa shape index (κ3) is 4.03. The molecule has 0 saturated carbocycles. The van der Waals surface area contributed by atoms with Gasteiger partial charge >= 0.3 is 0 Å². The largest absolute Gasteiger partial charge is 0.497 e. The summed E-state index contributed by atoms with van der Waals surface area (Å²) in [7, 11) is 3.27. The van der Waals surface area contributed by atoms with Crippen molar-refractivity contribution in [1.29, 1.82) is 0 Å². The molecule has 1 aromatic rings. The van der Waals surface area contributed by atoms with Crippen LogP contribution < -0.4 is 14.8 Å². The molecule has 0 fully saturated rings. The Kier molecular flexibility index (Phi) is 5.96. The van der Waals surface area contributed by atoms with E-state index in [0.29, 0.717) is 0 Å². The summed E-state index contributed by atoms with van der Waals surface area (Å²) in [5.74, 6) is 1.51. The molecule has 0 amide bonds. The fourth-order valence-corrected chi connectivity index (χ4v) is 1.98. The Morgan fingerprint density at radius 3 is 1.95 bits per heavy atom. The first kappa shape index (κ1) is 15.6. The average molecular weight is 267 g/mol. The van der Waals surface area contributed by atoms with Gasteiger partial charge in [0.25, 0.3) is 0 Å². The maximum atomic E-state index is 9.57. The molecule has 4 nitrogen and oxygen atoms in total. The number of anilines is 1. The van der Waals surface area contributed by atoms with Crippen LogP contribution in [0.5, 0.6) is 11.5 Å². The summed E-state index contributed by atoms with van der Waals surface area (Å²) in [4.78, 5) is 0. The molecule has 0 bridgehead atoms. The van der Waals surface area contributed by atoms with Crippen LogP contribution in [-0.4, -0.2) is 32.5 Å². The minimum Gasteiger partial charge on any atom is -0.497 e. The Hall–Kier alpha value is -1.42. The molecule has 108 valence electrons. The number of aliphatic hydroxyl groups excluding tert-OH is 1. The number of aliphatic hydroxyl groups is 1. The first-order valence-electron chi connectivity index (χ1n) is 6.71. The molecule has 19 heavy (non-hydrogen) atoms. The molecular formula is C15H25NO3. The highest BCUT2D eigenvalue weighted by Gasteiger charge is 2.24. The van der Waals surface area contributed by atoms with E-state index in [-0.39, 0.29) is 12.0 Å². The number of nitrogens with one attached hydrogen (secondary N) is 1. The van der Waals surface area contributed by atoms with Crippen molar-refractivity contribution in [3.8, 4) is 11.5 Å². The van der Waals surface area contributed by atoms with Crippen LogP contribution in [-0.2, 0) is 0 Å². The van der Waals surface area contributed by atoms with Gasteiger partial charge in [-0.05, 0) is 12.8 Å². The van der Waals surface area contributed by atoms with Gasteiger partial charge in [-0.15, -0.1) is 0 Å². The van der Waals surface area contributed by atoms with Crippen LogP contribution in [0, 0.1) is 5.41 Å². The zero-order chi connectivity index (χ0) is 14.3. The molecule has 0 heterocycles. The maximum absolute atomic E-state index is 9.57. The van der Waals surface area contributed by atoms with E-state index in [9.17, 15) is 5.11 Å². The highest BCUT2D eigenvalue weighted by atomic mass is 16.5. The lowest BCUT2D eigenvalue weighted by Gasteiger charge is -2.30. The van der Waals surface area contributed by atoms with Gasteiger partial charge in [-0.1, -0.05) is 13.8 Å². The number of benzene rings is 1. The summed E-state index contributed by atoms with van der Waals surface area (Å²) in [6, 6.07) is 5.69. The maximum Gasteiger partial charge on any atom is 0.124 e. The van der Waals surface area contributed by atoms with Crippen molar-refractivity contribution in [1.82, 2.24) is 0 Å². The second-order valence-electron chi connectivity index (χ2n) is 4.82. The van der Waals surface area contributed by atoms with E-state index in [2.05, 4.69) is 19.2 Å². The molecule has 0 saturated heterocycles. The van der Waals surface area contributed by atoms with Gasteiger partial charge in [0.05, 0.1) is 20.8 Å². The Bertz CT molecular complexity index is 358. The average Bonchev–Trinajstić information content (AvgIpc) is 2.48. The van der Waals surface area contributed by atoms with Crippen LogP contribution in [0.4, 0.5) is 5.69 Å². The Morgan fingerprint density at radius 2 is 1.58 bits per heavy atom. The van der Waals surface area contributed by atoms with Crippen molar-refractivity contribution in [2.75, 3.05) is 32.7 Å². The van der Waals surface area contributed by atoms with Crippen LogP contribution in [0.2, 0.25) is 0 Å². The zero-order valence-electron chi connectivity index (χ0n) is 12.3. The molecular weight excluding hydrogens is 242 g/mol. The summed E-state index contributed by atoms with van der Waals surface area (Å²) in [5, 5.41) is 12.9. The summed E-state index contributed by atoms with van der Waals surface area (Å²) in [6.07, 6.45) is 1.88. The molecule has 1 aromatic carbocycles. The number of methoxy groups -OCH3 is 2. The third-order valence-corrected chi connectivity index (χ3v) is 3.85. The monoisotopic (exact) mass is 267 g/mol. The van der Waals surface area contributed by atoms with Gasteiger partial charge in [0.1, 0.15) is 11.5 Å². The van der Waals surface area contributed by atoms with E-state index in [1.807, 2.05) is 18.2 Å². The second kappa shape index (κ2) is 7.24. The summed E-state index contributed by atoms with van der Waals surface area (Å²) >= 11 is 0. The lowest BCUT2D eigenvalue weighted by Crippen LogP contribution is -2.32. The third-order valence-electron chi connectivity index (χ3n) is 3.85. The summed E-state index contributed by atoms with van der Waals surface area (Å²) in [6.45, 7) is 5.13.